The number of carboxylic acid groups (broad SMARTS) is 1. The van der Waals surface area contributed by atoms with E-state index in [1.165, 1.54) is 12.1 Å². The van der Waals surface area contributed by atoms with E-state index in [0.717, 1.165) is 4.90 Å². The van der Waals surface area contributed by atoms with Gasteiger partial charge in [-0.05, 0) is 53.1 Å². The third-order valence-corrected chi connectivity index (χ3v) is 6.55. The molecule has 1 heterocycles. The lowest BCUT2D eigenvalue weighted by atomic mass is 9.83. The molecular formula is C26H22ClNO6. The fourth-order valence-corrected chi connectivity index (χ4v) is 4.47. The minimum absolute atomic E-state index is 0.00421. The monoisotopic (exact) mass is 479 g/mol. The van der Waals surface area contributed by atoms with Crippen molar-refractivity contribution < 1.29 is 29.0 Å². The third-order valence-electron chi connectivity index (χ3n) is 5.89. The van der Waals surface area contributed by atoms with Gasteiger partial charge in [0.25, 0.3) is 0 Å². The number of imide groups is 1. The van der Waals surface area contributed by atoms with Crippen LogP contribution in [0.3, 0.4) is 0 Å². The van der Waals surface area contributed by atoms with Crippen molar-refractivity contribution in [2.24, 2.45) is 0 Å². The van der Waals surface area contributed by atoms with Gasteiger partial charge in [0.2, 0.25) is 11.8 Å². The first-order valence-corrected chi connectivity index (χ1v) is 10.9. The Hall–Kier alpha value is -3.84. The van der Waals surface area contributed by atoms with Gasteiger partial charge in [-0.3, -0.25) is 9.59 Å². The molecule has 2 amide bonds. The number of carbonyl (C=O) groups excluding carboxylic acids is 2. The Bertz CT molecular complexity index is 1190. The molecule has 0 radical (unpaired) electrons. The summed E-state index contributed by atoms with van der Waals surface area (Å²) in [7, 11) is 3.13. The molecule has 34 heavy (non-hydrogen) atoms. The van der Waals surface area contributed by atoms with Crippen LogP contribution in [0.15, 0.2) is 66.7 Å². The van der Waals surface area contributed by atoms with Gasteiger partial charge in [0.1, 0.15) is 16.4 Å². The van der Waals surface area contributed by atoms with Crippen molar-refractivity contribution in [2.75, 3.05) is 19.1 Å². The van der Waals surface area contributed by atoms with Crippen LogP contribution in [0.2, 0.25) is 0 Å². The average Bonchev–Trinajstić information content (AvgIpc) is 3.20. The quantitative estimate of drug-likeness (QED) is 0.303. The van der Waals surface area contributed by atoms with E-state index in [4.69, 9.17) is 21.1 Å². The maximum atomic E-state index is 12.5. The maximum absolute atomic E-state index is 12.5. The lowest BCUT2D eigenvalue weighted by Gasteiger charge is -2.31. The maximum Gasteiger partial charge on any atom is 0.337 e. The van der Waals surface area contributed by atoms with Crippen LogP contribution in [-0.4, -0.2) is 37.1 Å². The molecule has 7 nitrogen and oxygen atoms in total. The van der Waals surface area contributed by atoms with Crippen LogP contribution < -0.4 is 14.4 Å². The molecule has 0 aromatic heterocycles. The molecule has 3 aromatic carbocycles. The molecule has 1 saturated heterocycles. The Morgan fingerprint density at radius 2 is 1.26 bits per heavy atom. The van der Waals surface area contributed by atoms with E-state index < -0.39 is 22.7 Å². The lowest BCUT2D eigenvalue weighted by molar-refractivity contribution is -0.121. The van der Waals surface area contributed by atoms with Gasteiger partial charge in [-0.25, -0.2) is 9.69 Å². The molecule has 0 bridgehead atoms. The smallest absolute Gasteiger partial charge is 0.337 e. The summed E-state index contributed by atoms with van der Waals surface area (Å²) in [6.45, 7) is 0. The van der Waals surface area contributed by atoms with E-state index >= 15 is 0 Å². The molecule has 8 heteroatoms. The van der Waals surface area contributed by atoms with E-state index in [0.29, 0.717) is 28.2 Å². The van der Waals surface area contributed by atoms with Gasteiger partial charge in [0, 0.05) is 12.8 Å². The summed E-state index contributed by atoms with van der Waals surface area (Å²) in [6.07, 6.45) is 0.0657. The number of alkyl halides is 1. The van der Waals surface area contributed by atoms with Crippen molar-refractivity contribution in [3.8, 4) is 11.5 Å². The summed E-state index contributed by atoms with van der Waals surface area (Å²) in [5.41, 5.74) is 1.72. The Balaban J connectivity index is 1.95. The van der Waals surface area contributed by atoms with Crippen molar-refractivity contribution in [2.45, 2.75) is 17.7 Å². The van der Waals surface area contributed by atoms with Crippen LogP contribution >= 0.6 is 11.6 Å². The highest BCUT2D eigenvalue weighted by molar-refractivity contribution is 6.28. The van der Waals surface area contributed by atoms with Gasteiger partial charge in [-0.15, -0.1) is 11.6 Å². The van der Waals surface area contributed by atoms with Crippen LogP contribution in [0.4, 0.5) is 5.69 Å². The highest BCUT2D eigenvalue weighted by Gasteiger charge is 2.38. The van der Waals surface area contributed by atoms with Crippen molar-refractivity contribution >= 4 is 35.1 Å². The van der Waals surface area contributed by atoms with Crippen LogP contribution in [0.1, 0.15) is 39.9 Å². The largest absolute Gasteiger partial charge is 0.497 e. The standard InChI is InChI=1S/C26H22ClNO6/c1-33-19-8-3-16(4-9-19)26(27,17-5-10-20(34-2)11-6-17)18-7-12-21(25(31)32)22(15-18)28-23(29)13-14-24(28)30/h3-12,15H,13-14H2,1-2H3,(H,31,32). The van der Waals surface area contributed by atoms with Crippen molar-refractivity contribution in [3.05, 3.63) is 89.0 Å². The SMILES string of the molecule is COc1ccc(C(Cl)(c2ccc(OC)cc2)c2ccc(C(=O)O)c(N3C(=O)CCC3=O)c2)cc1. The van der Waals surface area contributed by atoms with Crippen LogP contribution in [-0.2, 0) is 14.5 Å². The molecule has 0 spiro atoms. The highest BCUT2D eigenvalue weighted by Crippen LogP contribution is 2.45. The molecule has 1 aliphatic rings. The number of rotatable bonds is 7. The number of methoxy groups -OCH3 is 2. The molecule has 0 aliphatic carbocycles. The predicted octanol–water partition coefficient (Wildman–Crippen LogP) is 4.59. The molecule has 0 unspecified atom stereocenters. The fourth-order valence-electron chi connectivity index (χ4n) is 4.10. The average molecular weight is 480 g/mol. The zero-order valence-corrected chi connectivity index (χ0v) is 19.3. The lowest BCUT2D eigenvalue weighted by Crippen LogP contribution is -2.31. The van der Waals surface area contributed by atoms with E-state index in [2.05, 4.69) is 0 Å². The molecule has 4 rings (SSSR count). The number of benzene rings is 3. The number of aromatic carboxylic acids is 1. The normalized spacial score (nSPS) is 13.8. The van der Waals surface area contributed by atoms with E-state index in [-0.39, 0.29) is 24.1 Å². The van der Waals surface area contributed by atoms with Gasteiger partial charge < -0.3 is 14.6 Å². The predicted molar refractivity (Wildman–Crippen MR) is 127 cm³/mol. The number of anilines is 1. The zero-order valence-electron chi connectivity index (χ0n) is 18.6. The number of carboxylic acids is 1. The Labute approximate surface area is 201 Å². The Morgan fingerprint density at radius 3 is 1.68 bits per heavy atom. The second-order valence-electron chi connectivity index (χ2n) is 7.78. The van der Waals surface area contributed by atoms with Crippen LogP contribution in [0.25, 0.3) is 0 Å². The summed E-state index contributed by atoms with van der Waals surface area (Å²) in [5.74, 6) is -0.846. The van der Waals surface area contributed by atoms with Crippen molar-refractivity contribution in [3.63, 3.8) is 0 Å². The van der Waals surface area contributed by atoms with E-state index in [9.17, 15) is 19.5 Å². The molecule has 1 aliphatic heterocycles. The second-order valence-corrected chi connectivity index (χ2v) is 8.34. The number of ether oxygens (including phenoxy) is 2. The first kappa shape index (κ1) is 23.3. The molecule has 1 fully saturated rings. The Morgan fingerprint density at radius 1 is 0.824 bits per heavy atom. The number of halogens is 1. The Kier molecular flexibility index (Phi) is 6.30. The van der Waals surface area contributed by atoms with Gasteiger partial charge in [0.05, 0.1) is 25.5 Å². The molecule has 3 aromatic rings. The van der Waals surface area contributed by atoms with Gasteiger partial charge in [-0.2, -0.15) is 0 Å². The van der Waals surface area contributed by atoms with Crippen LogP contribution in [0.5, 0.6) is 11.5 Å². The molecule has 1 N–H and O–H groups in total. The van der Waals surface area contributed by atoms with Crippen molar-refractivity contribution in [1.82, 2.24) is 0 Å². The fraction of sp³-hybridized carbons (Fsp3) is 0.192. The summed E-state index contributed by atoms with van der Waals surface area (Å²) in [5, 5.41) is 9.73. The molecule has 0 saturated carbocycles. The number of amides is 2. The number of carbonyl (C=O) groups is 3. The minimum atomic E-state index is -1.27. The van der Waals surface area contributed by atoms with Crippen LogP contribution in [0, 0.1) is 0 Å². The summed E-state index contributed by atoms with van der Waals surface area (Å²) in [4.78, 5) is 36.5. The first-order chi connectivity index (χ1) is 16.3. The highest BCUT2D eigenvalue weighted by atomic mass is 35.5. The number of hydrogen-bond acceptors (Lipinski definition) is 5. The van der Waals surface area contributed by atoms with E-state index in [1.54, 1.807) is 44.6 Å². The first-order valence-electron chi connectivity index (χ1n) is 10.5. The molecule has 174 valence electrons. The number of hydrogen-bond donors (Lipinski definition) is 1. The molecule has 0 atom stereocenters. The zero-order chi connectivity index (χ0) is 24.5. The summed E-state index contributed by atoms with van der Waals surface area (Å²) >= 11 is 7.37. The number of nitrogens with zero attached hydrogens (tertiary/aromatic N) is 1. The van der Waals surface area contributed by atoms with Gasteiger partial charge in [0.15, 0.2) is 0 Å². The molecular weight excluding hydrogens is 458 g/mol. The van der Waals surface area contributed by atoms with Gasteiger partial charge >= 0.3 is 5.97 Å². The van der Waals surface area contributed by atoms with E-state index in [1.807, 2.05) is 24.3 Å². The summed E-state index contributed by atoms with van der Waals surface area (Å²) in [6, 6.07) is 18.8. The van der Waals surface area contributed by atoms with Crippen molar-refractivity contribution in [1.29, 1.82) is 0 Å². The third kappa shape index (κ3) is 3.99. The second kappa shape index (κ2) is 9.19. The summed E-state index contributed by atoms with van der Waals surface area (Å²) < 4.78 is 10.5. The minimum Gasteiger partial charge on any atom is -0.497 e. The topological polar surface area (TPSA) is 93.1 Å². The van der Waals surface area contributed by atoms with Gasteiger partial charge in [-0.1, -0.05) is 30.3 Å².